The van der Waals surface area contributed by atoms with E-state index in [1.165, 1.54) is 0 Å². The lowest BCUT2D eigenvalue weighted by atomic mass is 10.1. The zero-order chi connectivity index (χ0) is 13.6. The molecule has 3 rings (SSSR count). The van der Waals surface area contributed by atoms with Crippen molar-refractivity contribution in [1.29, 1.82) is 0 Å². The average Bonchev–Trinajstić information content (AvgIpc) is 3.15. The maximum absolute atomic E-state index is 6.11. The van der Waals surface area contributed by atoms with Gasteiger partial charge in [-0.2, -0.15) is 0 Å². The van der Waals surface area contributed by atoms with Gasteiger partial charge in [0.15, 0.2) is 5.82 Å². The normalized spacial score (nSPS) is 14.7. The Balaban J connectivity index is 2.19. The minimum atomic E-state index is 0.492. The van der Waals surface area contributed by atoms with E-state index in [1.54, 1.807) is 19.2 Å². The molecular weight excluding hydrogens is 264 g/mol. The van der Waals surface area contributed by atoms with Crippen molar-refractivity contribution >= 4 is 17.3 Å². The number of halogens is 1. The number of anilines is 1. The summed E-state index contributed by atoms with van der Waals surface area (Å²) in [5.74, 6) is 2.36. The third kappa shape index (κ3) is 2.04. The molecule has 1 heterocycles. The van der Waals surface area contributed by atoms with Gasteiger partial charge >= 0.3 is 0 Å². The predicted octanol–water partition coefficient (Wildman–Crippen LogP) is 2.83. The number of aryl methyl sites for hydroxylation is 1. The number of aromatic nitrogens is 3. The van der Waals surface area contributed by atoms with Crippen LogP contribution in [-0.2, 0) is 0 Å². The Bertz CT molecular complexity index is 634. The van der Waals surface area contributed by atoms with Gasteiger partial charge in [-0.1, -0.05) is 11.6 Å². The lowest BCUT2D eigenvalue weighted by molar-refractivity contribution is 0.416. The first kappa shape index (κ1) is 12.3. The fourth-order valence-corrected chi connectivity index (χ4v) is 2.40. The summed E-state index contributed by atoms with van der Waals surface area (Å²) >= 11 is 6.11. The van der Waals surface area contributed by atoms with Crippen molar-refractivity contribution in [3.63, 3.8) is 0 Å². The summed E-state index contributed by atoms with van der Waals surface area (Å²) < 4.78 is 7.52. The smallest absolute Gasteiger partial charge is 0.168 e. The predicted molar refractivity (Wildman–Crippen MR) is 74.4 cm³/mol. The second-order valence-electron chi connectivity index (χ2n) is 4.75. The first-order valence-electron chi connectivity index (χ1n) is 6.16. The largest absolute Gasteiger partial charge is 0.496 e. The quantitative estimate of drug-likeness (QED) is 0.877. The molecule has 0 spiro atoms. The van der Waals surface area contributed by atoms with E-state index in [9.17, 15) is 0 Å². The van der Waals surface area contributed by atoms with E-state index in [1.807, 2.05) is 6.92 Å². The third-order valence-corrected chi connectivity index (χ3v) is 3.67. The van der Waals surface area contributed by atoms with Crippen LogP contribution >= 0.6 is 11.6 Å². The van der Waals surface area contributed by atoms with Crippen LogP contribution in [0, 0.1) is 6.92 Å². The van der Waals surface area contributed by atoms with E-state index in [4.69, 9.17) is 22.1 Å². The van der Waals surface area contributed by atoms with E-state index in [2.05, 4.69) is 14.8 Å². The summed E-state index contributed by atoms with van der Waals surface area (Å²) in [7, 11) is 1.61. The van der Waals surface area contributed by atoms with Gasteiger partial charge < -0.3 is 15.0 Å². The molecule has 6 heteroatoms. The monoisotopic (exact) mass is 278 g/mol. The van der Waals surface area contributed by atoms with Crippen LogP contribution in [0.2, 0.25) is 5.02 Å². The third-order valence-electron chi connectivity index (χ3n) is 3.34. The number of methoxy groups -OCH3 is 1. The van der Waals surface area contributed by atoms with Crippen LogP contribution in [0.1, 0.15) is 24.7 Å². The minimum absolute atomic E-state index is 0.492. The Morgan fingerprint density at radius 3 is 2.74 bits per heavy atom. The van der Waals surface area contributed by atoms with Gasteiger partial charge in [-0.25, -0.2) is 0 Å². The molecule has 0 aliphatic heterocycles. The van der Waals surface area contributed by atoms with Gasteiger partial charge in [0, 0.05) is 12.1 Å². The molecule has 0 radical (unpaired) electrons. The molecular formula is C13H15ClN4O. The van der Waals surface area contributed by atoms with Gasteiger partial charge in [-0.3, -0.25) is 0 Å². The number of ether oxygens (including phenoxy) is 1. The zero-order valence-electron chi connectivity index (χ0n) is 10.9. The Morgan fingerprint density at radius 1 is 1.37 bits per heavy atom. The molecule has 2 N–H and O–H groups in total. The van der Waals surface area contributed by atoms with Crippen LogP contribution in [-0.4, -0.2) is 21.9 Å². The number of hydrogen-bond donors (Lipinski definition) is 1. The molecule has 100 valence electrons. The highest BCUT2D eigenvalue weighted by molar-refractivity contribution is 6.33. The van der Waals surface area contributed by atoms with Crippen molar-refractivity contribution in [2.75, 3.05) is 12.8 Å². The number of nitrogen functional groups attached to an aromatic ring is 1. The van der Waals surface area contributed by atoms with Crippen LogP contribution in [0.4, 0.5) is 5.69 Å². The van der Waals surface area contributed by atoms with E-state index >= 15 is 0 Å². The fraction of sp³-hybridized carbons (Fsp3) is 0.385. The molecule has 5 nitrogen and oxygen atoms in total. The number of nitrogens with zero attached hydrogens (tertiary/aromatic N) is 3. The Labute approximate surface area is 116 Å². The molecule has 1 saturated carbocycles. The summed E-state index contributed by atoms with van der Waals surface area (Å²) in [6.45, 7) is 1.96. The molecule has 2 aromatic rings. The fourth-order valence-electron chi connectivity index (χ4n) is 2.24. The number of rotatable bonds is 3. The van der Waals surface area contributed by atoms with Crippen molar-refractivity contribution in [3.05, 3.63) is 23.0 Å². The minimum Gasteiger partial charge on any atom is -0.496 e. The summed E-state index contributed by atoms with van der Waals surface area (Å²) in [5.41, 5.74) is 7.13. The second-order valence-corrected chi connectivity index (χ2v) is 5.15. The van der Waals surface area contributed by atoms with Gasteiger partial charge in [0.25, 0.3) is 0 Å². The highest BCUT2D eigenvalue weighted by atomic mass is 35.5. The average molecular weight is 279 g/mol. The maximum atomic E-state index is 6.11. The molecule has 0 unspecified atom stereocenters. The zero-order valence-corrected chi connectivity index (χ0v) is 11.6. The van der Waals surface area contributed by atoms with Crippen molar-refractivity contribution in [3.8, 4) is 17.1 Å². The topological polar surface area (TPSA) is 66.0 Å². The molecule has 1 aromatic heterocycles. The molecule has 19 heavy (non-hydrogen) atoms. The van der Waals surface area contributed by atoms with E-state index in [0.29, 0.717) is 22.5 Å². The number of benzene rings is 1. The van der Waals surface area contributed by atoms with Gasteiger partial charge in [0.05, 0.1) is 23.4 Å². The highest BCUT2D eigenvalue weighted by Crippen LogP contribution is 2.42. The molecule has 0 saturated heterocycles. The Hall–Kier alpha value is -1.75. The standard InChI is InChI=1S/C13H15ClN4O/c1-7-16-17-13(18(7)8-3-4-8)9-5-10(14)11(15)6-12(9)19-2/h5-6,8H,3-4,15H2,1-2H3. The highest BCUT2D eigenvalue weighted by Gasteiger charge is 2.29. The summed E-state index contributed by atoms with van der Waals surface area (Å²) in [4.78, 5) is 0. The second kappa shape index (κ2) is 4.42. The molecule has 0 amide bonds. The van der Waals surface area contributed by atoms with Gasteiger partial charge in [-0.05, 0) is 25.8 Å². The molecule has 0 atom stereocenters. The van der Waals surface area contributed by atoms with E-state index in [-0.39, 0.29) is 0 Å². The Morgan fingerprint density at radius 2 is 2.11 bits per heavy atom. The van der Waals surface area contributed by atoms with Gasteiger partial charge in [0.1, 0.15) is 11.6 Å². The SMILES string of the molecule is COc1cc(N)c(Cl)cc1-c1nnc(C)n1C1CC1. The lowest BCUT2D eigenvalue weighted by Crippen LogP contribution is -2.02. The van der Waals surface area contributed by atoms with Crippen LogP contribution < -0.4 is 10.5 Å². The van der Waals surface area contributed by atoms with Crippen molar-refractivity contribution in [1.82, 2.24) is 14.8 Å². The van der Waals surface area contributed by atoms with Crippen molar-refractivity contribution < 1.29 is 4.74 Å². The first-order chi connectivity index (χ1) is 9.11. The summed E-state index contributed by atoms with van der Waals surface area (Å²) in [5, 5.41) is 8.92. The van der Waals surface area contributed by atoms with Crippen LogP contribution in [0.5, 0.6) is 5.75 Å². The maximum Gasteiger partial charge on any atom is 0.168 e. The lowest BCUT2D eigenvalue weighted by Gasteiger charge is -2.12. The van der Waals surface area contributed by atoms with Crippen LogP contribution in [0.25, 0.3) is 11.4 Å². The Kier molecular flexibility index (Phi) is 2.86. The van der Waals surface area contributed by atoms with E-state index < -0.39 is 0 Å². The summed E-state index contributed by atoms with van der Waals surface area (Å²) in [6, 6.07) is 4.00. The van der Waals surface area contributed by atoms with Crippen molar-refractivity contribution in [2.45, 2.75) is 25.8 Å². The molecule has 1 aliphatic rings. The molecule has 1 fully saturated rings. The van der Waals surface area contributed by atoms with Gasteiger partial charge in [-0.15, -0.1) is 10.2 Å². The van der Waals surface area contributed by atoms with Crippen LogP contribution in [0.3, 0.4) is 0 Å². The first-order valence-corrected chi connectivity index (χ1v) is 6.54. The number of nitrogens with two attached hydrogens (primary N) is 1. The molecule has 1 aliphatic carbocycles. The molecule has 1 aromatic carbocycles. The van der Waals surface area contributed by atoms with Gasteiger partial charge in [0.2, 0.25) is 0 Å². The van der Waals surface area contributed by atoms with Crippen LogP contribution in [0.15, 0.2) is 12.1 Å². The number of hydrogen-bond acceptors (Lipinski definition) is 4. The van der Waals surface area contributed by atoms with Crippen molar-refractivity contribution in [2.24, 2.45) is 0 Å². The van der Waals surface area contributed by atoms with E-state index in [0.717, 1.165) is 30.1 Å². The summed E-state index contributed by atoms with van der Waals surface area (Å²) in [6.07, 6.45) is 2.33. The molecule has 0 bridgehead atoms.